The van der Waals surface area contributed by atoms with Crippen molar-refractivity contribution in [2.45, 2.75) is 29.7 Å². The molecule has 1 aliphatic rings. The van der Waals surface area contributed by atoms with Crippen LogP contribution in [0.5, 0.6) is 5.75 Å². The number of nitrogens with one attached hydrogen (secondary N) is 1. The van der Waals surface area contributed by atoms with Gasteiger partial charge in [-0.05, 0) is 55.3 Å². The van der Waals surface area contributed by atoms with Gasteiger partial charge in [0, 0.05) is 30.6 Å². The van der Waals surface area contributed by atoms with Crippen molar-refractivity contribution in [1.82, 2.24) is 10.3 Å². The number of para-hydroxylation sites is 1. The van der Waals surface area contributed by atoms with Crippen molar-refractivity contribution in [3.05, 3.63) is 78.0 Å². The zero-order valence-corrected chi connectivity index (χ0v) is 18.7. The molecule has 0 saturated carbocycles. The zero-order chi connectivity index (χ0) is 22.3. The molecule has 6 nitrogen and oxygen atoms in total. The van der Waals surface area contributed by atoms with Crippen molar-refractivity contribution in [3.63, 3.8) is 0 Å². The Morgan fingerprint density at radius 3 is 2.72 bits per heavy atom. The molecule has 0 atom stereocenters. The van der Waals surface area contributed by atoms with Crippen molar-refractivity contribution >= 4 is 29.3 Å². The predicted octanol–water partition coefficient (Wildman–Crippen LogP) is 4.34. The summed E-state index contributed by atoms with van der Waals surface area (Å²) in [5, 5.41) is 3.65. The molecule has 0 spiro atoms. The molecule has 1 aliphatic heterocycles. The first-order valence-corrected chi connectivity index (χ1v) is 11.5. The second kappa shape index (κ2) is 10.3. The number of carbonyl (C=O) groups is 2. The molecule has 32 heavy (non-hydrogen) atoms. The lowest BCUT2D eigenvalue weighted by Crippen LogP contribution is -2.35. The molecule has 0 radical (unpaired) electrons. The number of aromatic nitrogens is 1. The minimum Gasteiger partial charge on any atom is -0.494 e. The molecule has 2 aromatic carbocycles. The molecule has 0 bridgehead atoms. The molecular formula is C25H25N3O3S. The largest absolute Gasteiger partial charge is 0.494 e. The zero-order valence-electron chi connectivity index (χ0n) is 17.9. The number of nitrogens with zero attached hydrogens (tertiary/aromatic N) is 2. The lowest BCUT2D eigenvalue weighted by molar-refractivity contribution is -0.120. The van der Waals surface area contributed by atoms with Crippen molar-refractivity contribution in [3.8, 4) is 5.75 Å². The molecular weight excluding hydrogens is 422 g/mol. The molecule has 0 aliphatic carbocycles. The predicted molar refractivity (Wildman–Crippen MR) is 125 cm³/mol. The standard InChI is InChI=1S/C25H25N3O3S/c1-2-31-19-11-9-18(10-12-19)13-16-26-23(29)14-17-28-21-7-3-4-8-22(21)32-24-20(25(28)30)6-5-15-27-24/h3-12,15H,2,13-14,16-17H2,1H3,(H,26,29). The minimum absolute atomic E-state index is 0.0791. The van der Waals surface area contributed by atoms with E-state index >= 15 is 0 Å². The SMILES string of the molecule is CCOc1ccc(CCNC(=O)CCN2C(=O)c3cccnc3Sc3ccccc32)cc1. The van der Waals surface area contributed by atoms with Gasteiger partial charge in [0.15, 0.2) is 0 Å². The van der Waals surface area contributed by atoms with Crippen LogP contribution in [0.2, 0.25) is 0 Å². The van der Waals surface area contributed by atoms with Crippen LogP contribution in [0.4, 0.5) is 5.69 Å². The Bertz CT molecular complexity index is 1100. The van der Waals surface area contributed by atoms with E-state index in [2.05, 4.69) is 10.3 Å². The molecule has 3 aromatic rings. The molecule has 164 valence electrons. The Hall–Kier alpha value is -3.32. The number of benzene rings is 2. The van der Waals surface area contributed by atoms with E-state index in [1.54, 1.807) is 23.2 Å². The topological polar surface area (TPSA) is 71.5 Å². The lowest BCUT2D eigenvalue weighted by atomic mass is 10.1. The molecule has 1 aromatic heterocycles. The molecule has 1 N–H and O–H groups in total. The van der Waals surface area contributed by atoms with Crippen LogP contribution >= 0.6 is 11.8 Å². The van der Waals surface area contributed by atoms with Crippen LogP contribution in [-0.4, -0.2) is 36.5 Å². The van der Waals surface area contributed by atoms with E-state index in [1.807, 2.05) is 55.5 Å². The van der Waals surface area contributed by atoms with Crippen LogP contribution in [0.15, 0.2) is 76.8 Å². The van der Waals surface area contributed by atoms with Gasteiger partial charge in [-0.25, -0.2) is 4.98 Å². The van der Waals surface area contributed by atoms with Crippen LogP contribution in [0, 0.1) is 0 Å². The van der Waals surface area contributed by atoms with Crippen LogP contribution < -0.4 is 15.0 Å². The van der Waals surface area contributed by atoms with E-state index in [9.17, 15) is 9.59 Å². The van der Waals surface area contributed by atoms with Crippen molar-refractivity contribution < 1.29 is 14.3 Å². The number of amides is 2. The number of hydrogen-bond acceptors (Lipinski definition) is 5. The minimum atomic E-state index is -0.132. The fourth-order valence-electron chi connectivity index (χ4n) is 3.55. The number of anilines is 1. The van der Waals surface area contributed by atoms with Crippen LogP contribution in [-0.2, 0) is 11.2 Å². The average molecular weight is 448 g/mol. The van der Waals surface area contributed by atoms with Crippen molar-refractivity contribution in [2.24, 2.45) is 0 Å². The van der Waals surface area contributed by atoms with Crippen molar-refractivity contribution in [2.75, 3.05) is 24.6 Å². The first-order valence-electron chi connectivity index (χ1n) is 10.7. The molecule has 2 amide bonds. The summed E-state index contributed by atoms with van der Waals surface area (Å²) in [5.41, 5.74) is 2.50. The Balaban J connectivity index is 1.36. The van der Waals surface area contributed by atoms with E-state index in [-0.39, 0.29) is 18.2 Å². The maximum atomic E-state index is 13.2. The summed E-state index contributed by atoms with van der Waals surface area (Å²) in [4.78, 5) is 32.7. The van der Waals surface area contributed by atoms with Gasteiger partial charge in [-0.1, -0.05) is 36.0 Å². The third-order valence-electron chi connectivity index (χ3n) is 5.14. The summed E-state index contributed by atoms with van der Waals surface area (Å²) < 4.78 is 5.45. The van der Waals surface area contributed by atoms with Crippen LogP contribution in [0.3, 0.4) is 0 Å². The highest BCUT2D eigenvalue weighted by Crippen LogP contribution is 2.40. The summed E-state index contributed by atoms with van der Waals surface area (Å²) in [6, 6.07) is 19.2. The van der Waals surface area contributed by atoms with Gasteiger partial charge < -0.3 is 15.0 Å². The quantitative estimate of drug-likeness (QED) is 0.556. The third-order valence-corrected chi connectivity index (χ3v) is 6.23. The first kappa shape index (κ1) is 21.9. The number of ether oxygens (including phenoxy) is 1. The van der Waals surface area contributed by atoms with Gasteiger partial charge in [0.25, 0.3) is 5.91 Å². The molecule has 2 heterocycles. The second-order valence-corrected chi connectivity index (χ2v) is 8.34. The fourth-order valence-corrected chi connectivity index (χ4v) is 4.57. The maximum absolute atomic E-state index is 13.2. The number of pyridine rings is 1. The van der Waals surface area contributed by atoms with Crippen LogP contribution in [0.1, 0.15) is 29.3 Å². The maximum Gasteiger partial charge on any atom is 0.261 e. The Morgan fingerprint density at radius 1 is 1.09 bits per heavy atom. The normalized spacial score (nSPS) is 12.5. The highest BCUT2D eigenvalue weighted by molar-refractivity contribution is 7.99. The highest BCUT2D eigenvalue weighted by Gasteiger charge is 2.27. The van der Waals surface area contributed by atoms with E-state index in [4.69, 9.17) is 4.74 Å². The monoisotopic (exact) mass is 447 g/mol. The van der Waals surface area contributed by atoms with Gasteiger partial charge in [0.05, 0.1) is 17.9 Å². The summed E-state index contributed by atoms with van der Waals surface area (Å²) in [6.45, 7) is 3.44. The highest BCUT2D eigenvalue weighted by atomic mass is 32.2. The van der Waals surface area contributed by atoms with E-state index in [0.717, 1.165) is 28.3 Å². The number of fused-ring (bicyclic) bond motifs is 2. The van der Waals surface area contributed by atoms with Crippen LogP contribution in [0.25, 0.3) is 0 Å². The van der Waals surface area contributed by atoms with Gasteiger partial charge in [-0.2, -0.15) is 0 Å². The van der Waals surface area contributed by atoms with E-state index < -0.39 is 0 Å². The van der Waals surface area contributed by atoms with E-state index in [0.29, 0.717) is 30.3 Å². The lowest BCUT2D eigenvalue weighted by Gasteiger charge is -2.22. The van der Waals surface area contributed by atoms with Gasteiger partial charge in [-0.15, -0.1) is 0 Å². The van der Waals surface area contributed by atoms with Crippen molar-refractivity contribution in [1.29, 1.82) is 0 Å². The third kappa shape index (κ3) is 5.11. The number of rotatable bonds is 8. The second-order valence-electron chi connectivity index (χ2n) is 7.31. The molecule has 7 heteroatoms. The number of carbonyl (C=O) groups excluding carboxylic acids is 2. The molecule has 0 fully saturated rings. The van der Waals surface area contributed by atoms with Gasteiger partial charge in [0.1, 0.15) is 10.8 Å². The van der Waals surface area contributed by atoms with Gasteiger partial charge >= 0.3 is 0 Å². The summed E-state index contributed by atoms with van der Waals surface area (Å²) in [5.74, 6) is 0.634. The summed E-state index contributed by atoms with van der Waals surface area (Å²) in [6.07, 6.45) is 2.65. The fraction of sp³-hybridized carbons (Fsp3) is 0.240. The van der Waals surface area contributed by atoms with Gasteiger partial charge in [0.2, 0.25) is 5.91 Å². The molecule has 0 saturated heterocycles. The Morgan fingerprint density at radius 2 is 1.91 bits per heavy atom. The summed E-state index contributed by atoms with van der Waals surface area (Å²) in [7, 11) is 0. The molecule has 0 unspecified atom stereocenters. The average Bonchev–Trinajstić information content (AvgIpc) is 2.93. The van der Waals surface area contributed by atoms with E-state index in [1.165, 1.54) is 11.8 Å². The summed E-state index contributed by atoms with van der Waals surface area (Å²) >= 11 is 1.48. The molecule has 4 rings (SSSR count). The first-order chi connectivity index (χ1) is 15.7. The Labute approximate surface area is 192 Å². The smallest absolute Gasteiger partial charge is 0.261 e. The number of hydrogen-bond donors (Lipinski definition) is 1. The Kier molecular flexibility index (Phi) is 7.07. The van der Waals surface area contributed by atoms with Gasteiger partial charge in [-0.3, -0.25) is 9.59 Å².